The lowest BCUT2D eigenvalue weighted by Gasteiger charge is -2.27. The number of morpholine rings is 1. The molecule has 5 rings (SSSR count). The molecule has 1 fully saturated rings. The molecule has 0 radical (unpaired) electrons. The third-order valence-electron chi connectivity index (χ3n) is 5.20. The molecule has 0 aliphatic carbocycles. The summed E-state index contributed by atoms with van der Waals surface area (Å²) in [5.74, 6) is -0.486. The molecule has 7 heteroatoms. The highest BCUT2D eigenvalue weighted by Crippen LogP contribution is 2.44. The Kier molecular flexibility index (Phi) is 4.69. The van der Waals surface area contributed by atoms with Crippen LogP contribution in [0.3, 0.4) is 0 Å². The number of amides is 2. The molecule has 146 valence electrons. The monoisotopic (exact) mass is 405 g/mol. The fourth-order valence-corrected chi connectivity index (χ4v) is 4.82. The Balaban J connectivity index is 1.50. The highest BCUT2D eigenvalue weighted by atomic mass is 32.2. The standard InChI is InChI=1S/C22H19N3O3S/c26-20-19(29-22(23-20)24-10-12-28-13-11-24)18-16-8-4-5-9-17(16)25(21(18)27)14-15-6-2-1-3-7-15/h1-9H,10-14H2/b19-18+. The van der Waals surface area contributed by atoms with Crippen LogP contribution >= 0.6 is 11.8 Å². The summed E-state index contributed by atoms with van der Waals surface area (Å²) >= 11 is 1.30. The Morgan fingerprint density at radius 3 is 2.48 bits per heavy atom. The van der Waals surface area contributed by atoms with E-state index in [2.05, 4.69) is 4.99 Å². The first kappa shape index (κ1) is 18.1. The summed E-state index contributed by atoms with van der Waals surface area (Å²) in [5, 5.41) is 0.660. The molecule has 6 nitrogen and oxygen atoms in total. The number of hydrogen-bond acceptors (Lipinski definition) is 5. The van der Waals surface area contributed by atoms with E-state index in [0.29, 0.717) is 48.5 Å². The molecule has 2 amide bonds. The number of benzene rings is 2. The van der Waals surface area contributed by atoms with Gasteiger partial charge in [-0.2, -0.15) is 4.99 Å². The van der Waals surface area contributed by atoms with Crippen LogP contribution < -0.4 is 4.90 Å². The second-order valence-electron chi connectivity index (χ2n) is 7.00. The quantitative estimate of drug-likeness (QED) is 0.719. The van der Waals surface area contributed by atoms with Crippen LogP contribution in [0, 0.1) is 0 Å². The minimum atomic E-state index is -0.337. The van der Waals surface area contributed by atoms with Crippen molar-refractivity contribution >= 4 is 40.0 Å². The summed E-state index contributed by atoms with van der Waals surface area (Å²) < 4.78 is 5.38. The smallest absolute Gasteiger partial charge is 0.287 e. The van der Waals surface area contributed by atoms with Crippen molar-refractivity contribution in [1.82, 2.24) is 4.90 Å². The maximum absolute atomic E-state index is 13.4. The van der Waals surface area contributed by atoms with Gasteiger partial charge < -0.3 is 14.5 Å². The number of rotatable bonds is 2. The van der Waals surface area contributed by atoms with Crippen LogP contribution in [0.15, 0.2) is 64.5 Å². The number of para-hydroxylation sites is 1. The van der Waals surface area contributed by atoms with E-state index in [9.17, 15) is 9.59 Å². The van der Waals surface area contributed by atoms with Crippen molar-refractivity contribution in [2.75, 3.05) is 31.2 Å². The van der Waals surface area contributed by atoms with Crippen LogP contribution in [-0.4, -0.2) is 48.2 Å². The number of amidine groups is 1. The molecule has 0 N–H and O–H groups in total. The summed E-state index contributed by atoms with van der Waals surface area (Å²) in [4.78, 5) is 34.6. The van der Waals surface area contributed by atoms with Crippen LogP contribution in [0.1, 0.15) is 11.1 Å². The van der Waals surface area contributed by atoms with E-state index in [0.717, 1.165) is 16.8 Å². The van der Waals surface area contributed by atoms with Gasteiger partial charge in [-0.05, 0) is 23.4 Å². The lowest BCUT2D eigenvalue weighted by atomic mass is 10.1. The predicted molar refractivity (Wildman–Crippen MR) is 113 cm³/mol. The summed E-state index contributed by atoms with van der Waals surface area (Å²) in [5.41, 5.74) is 3.12. The van der Waals surface area contributed by atoms with Gasteiger partial charge in [0.05, 0.1) is 35.9 Å². The van der Waals surface area contributed by atoms with Crippen molar-refractivity contribution in [2.45, 2.75) is 6.54 Å². The Hall–Kier alpha value is -2.90. The van der Waals surface area contributed by atoms with Gasteiger partial charge in [0.15, 0.2) is 5.17 Å². The zero-order valence-electron chi connectivity index (χ0n) is 15.7. The van der Waals surface area contributed by atoms with E-state index in [4.69, 9.17) is 4.74 Å². The molecule has 0 bridgehead atoms. The second-order valence-corrected chi connectivity index (χ2v) is 7.98. The molecule has 29 heavy (non-hydrogen) atoms. The molecule has 3 aliphatic heterocycles. The number of nitrogens with zero attached hydrogens (tertiary/aromatic N) is 3. The van der Waals surface area contributed by atoms with Gasteiger partial charge >= 0.3 is 0 Å². The van der Waals surface area contributed by atoms with E-state index in [1.165, 1.54) is 11.8 Å². The van der Waals surface area contributed by atoms with Crippen LogP contribution in [0.5, 0.6) is 0 Å². The van der Waals surface area contributed by atoms with E-state index >= 15 is 0 Å². The average molecular weight is 405 g/mol. The molecule has 3 heterocycles. The number of aliphatic imine (C=N–C) groups is 1. The van der Waals surface area contributed by atoms with E-state index in [-0.39, 0.29) is 11.8 Å². The largest absolute Gasteiger partial charge is 0.378 e. The maximum atomic E-state index is 13.4. The van der Waals surface area contributed by atoms with Gasteiger partial charge in [-0.25, -0.2) is 0 Å². The van der Waals surface area contributed by atoms with Crippen molar-refractivity contribution in [3.8, 4) is 0 Å². The number of hydrogen-bond donors (Lipinski definition) is 0. The lowest BCUT2D eigenvalue weighted by Crippen LogP contribution is -2.38. The van der Waals surface area contributed by atoms with Crippen molar-refractivity contribution < 1.29 is 14.3 Å². The number of carbonyl (C=O) groups excluding carboxylic acids is 2. The number of anilines is 1. The highest BCUT2D eigenvalue weighted by molar-refractivity contribution is 8.18. The molecule has 2 aromatic rings. The maximum Gasteiger partial charge on any atom is 0.287 e. The zero-order chi connectivity index (χ0) is 19.8. The lowest BCUT2D eigenvalue weighted by molar-refractivity contribution is -0.115. The van der Waals surface area contributed by atoms with Crippen molar-refractivity contribution in [3.63, 3.8) is 0 Å². The second kappa shape index (κ2) is 7.50. The van der Waals surface area contributed by atoms with Crippen LogP contribution in [-0.2, 0) is 20.9 Å². The van der Waals surface area contributed by atoms with Crippen LogP contribution in [0.2, 0.25) is 0 Å². The number of ether oxygens (including phenoxy) is 1. The third-order valence-corrected chi connectivity index (χ3v) is 6.32. The third kappa shape index (κ3) is 3.26. The Morgan fingerprint density at radius 2 is 1.69 bits per heavy atom. The number of fused-ring (bicyclic) bond motifs is 1. The van der Waals surface area contributed by atoms with Gasteiger partial charge in [0, 0.05) is 18.7 Å². The highest BCUT2D eigenvalue weighted by Gasteiger charge is 2.39. The number of carbonyl (C=O) groups is 2. The Morgan fingerprint density at radius 1 is 0.966 bits per heavy atom. The molecule has 1 saturated heterocycles. The average Bonchev–Trinajstić information content (AvgIpc) is 3.27. The summed E-state index contributed by atoms with van der Waals surface area (Å²) in [6, 6.07) is 17.5. The van der Waals surface area contributed by atoms with Gasteiger partial charge in [-0.15, -0.1) is 0 Å². The minimum Gasteiger partial charge on any atom is -0.378 e. The summed E-state index contributed by atoms with van der Waals surface area (Å²) in [6.07, 6.45) is 0. The van der Waals surface area contributed by atoms with Crippen molar-refractivity contribution in [3.05, 3.63) is 70.6 Å². The van der Waals surface area contributed by atoms with Crippen molar-refractivity contribution in [2.24, 2.45) is 4.99 Å². The van der Waals surface area contributed by atoms with Crippen molar-refractivity contribution in [1.29, 1.82) is 0 Å². The van der Waals surface area contributed by atoms with E-state index < -0.39 is 0 Å². The fourth-order valence-electron chi connectivity index (χ4n) is 3.77. The molecule has 0 spiro atoms. The molecular weight excluding hydrogens is 386 g/mol. The van der Waals surface area contributed by atoms with Gasteiger partial charge in [0.2, 0.25) is 0 Å². The van der Waals surface area contributed by atoms with Crippen LogP contribution in [0.25, 0.3) is 5.57 Å². The zero-order valence-corrected chi connectivity index (χ0v) is 16.5. The predicted octanol–water partition coefficient (Wildman–Crippen LogP) is 2.91. The molecule has 0 atom stereocenters. The first-order valence-electron chi connectivity index (χ1n) is 9.55. The topological polar surface area (TPSA) is 62.2 Å². The normalized spacial score (nSPS) is 21.6. The molecule has 3 aliphatic rings. The summed E-state index contributed by atoms with van der Waals surface area (Å²) in [7, 11) is 0. The van der Waals surface area contributed by atoms with E-state index in [1.807, 2.05) is 59.5 Å². The summed E-state index contributed by atoms with van der Waals surface area (Å²) in [6.45, 7) is 3.10. The Labute approximate surface area is 172 Å². The fraction of sp³-hybridized carbons (Fsp3) is 0.227. The van der Waals surface area contributed by atoms with Gasteiger partial charge in [-0.3, -0.25) is 9.59 Å². The van der Waals surface area contributed by atoms with Gasteiger partial charge in [0.1, 0.15) is 0 Å². The van der Waals surface area contributed by atoms with Gasteiger partial charge in [-0.1, -0.05) is 48.5 Å². The van der Waals surface area contributed by atoms with Gasteiger partial charge in [0.25, 0.3) is 11.8 Å². The molecule has 0 unspecified atom stereocenters. The molecule has 0 aromatic heterocycles. The molecule has 2 aromatic carbocycles. The molecular formula is C22H19N3O3S. The molecule has 0 saturated carbocycles. The SMILES string of the molecule is O=C1N=C(N2CCOCC2)S/C1=C1/C(=O)N(Cc2ccccc2)c2ccccc21. The minimum absolute atomic E-state index is 0.149. The number of thioether (sulfide) groups is 1. The first-order chi connectivity index (χ1) is 14.2. The Bertz CT molecular complexity index is 1040. The first-order valence-corrected chi connectivity index (χ1v) is 10.4. The van der Waals surface area contributed by atoms with Crippen LogP contribution in [0.4, 0.5) is 5.69 Å². The van der Waals surface area contributed by atoms with E-state index in [1.54, 1.807) is 4.90 Å².